The normalized spacial score (nSPS) is 19.6. The third kappa shape index (κ3) is 3.54. The molecule has 0 aliphatic carbocycles. The minimum Gasteiger partial charge on any atom is -0.374 e. The van der Waals surface area contributed by atoms with Crippen LogP contribution in [0.2, 0.25) is 0 Å². The lowest BCUT2D eigenvalue weighted by molar-refractivity contribution is 0.0287. The van der Waals surface area contributed by atoms with Crippen molar-refractivity contribution in [2.24, 2.45) is 0 Å². The van der Waals surface area contributed by atoms with E-state index in [2.05, 4.69) is 26.6 Å². The highest BCUT2D eigenvalue weighted by Gasteiger charge is 2.15. The Labute approximate surface area is 115 Å². The Morgan fingerprint density at radius 2 is 2.44 bits per heavy atom. The highest BCUT2D eigenvalue weighted by atomic mass is 79.9. The van der Waals surface area contributed by atoms with Crippen LogP contribution in [0.15, 0.2) is 22.7 Å². The molecule has 0 saturated carbocycles. The Hall–Kier alpha value is -0.910. The van der Waals surface area contributed by atoms with Crippen LogP contribution in [0.4, 0.5) is 0 Å². The number of hydrogen-bond donors (Lipinski definition) is 2. The molecule has 1 saturated heterocycles. The summed E-state index contributed by atoms with van der Waals surface area (Å²) in [7, 11) is 0. The first kappa shape index (κ1) is 13.5. The minimum absolute atomic E-state index is 0.0528. The molecule has 1 aromatic rings. The molecule has 5 heteroatoms. The van der Waals surface area contributed by atoms with Crippen molar-refractivity contribution in [2.75, 3.05) is 26.2 Å². The molecule has 1 atom stereocenters. The molecule has 1 aromatic carbocycles. The Morgan fingerprint density at radius 3 is 3.17 bits per heavy atom. The number of aryl methyl sites for hydroxylation is 1. The van der Waals surface area contributed by atoms with Crippen molar-refractivity contribution in [3.8, 4) is 0 Å². The Bertz CT molecular complexity index is 431. The number of carbonyl (C=O) groups excluding carboxylic acids is 1. The number of benzene rings is 1. The molecule has 1 aliphatic heterocycles. The van der Waals surface area contributed by atoms with E-state index in [1.54, 1.807) is 0 Å². The third-order valence-electron chi connectivity index (χ3n) is 2.94. The summed E-state index contributed by atoms with van der Waals surface area (Å²) in [4.78, 5) is 12.1. The van der Waals surface area contributed by atoms with E-state index in [4.69, 9.17) is 4.74 Å². The molecule has 4 nitrogen and oxygen atoms in total. The molecule has 2 N–H and O–H groups in total. The van der Waals surface area contributed by atoms with Gasteiger partial charge in [0.05, 0.1) is 12.7 Å². The first-order valence-electron chi connectivity index (χ1n) is 6.03. The van der Waals surface area contributed by atoms with Gasteiger partial charge in [-0.05, 0) is 24.6 Å². The fourth-order valence-electron chi connectivity index (χ4n) is 1.89. The van der Waals surface area contributed by atoms with E-state index in [1.807, 2.05) is 25.1 Å². The van der Waals surface area contributed by atoms with Crippen molar-refractivity contribution in [3.05, 3.63) is 33.8 Å². The van der Waals surface area contributed by atoms with Gasteiger partial charge in [0, 0.05) is 29.7 Å². The summed E-state index contributed by atoms with van der Waals surface area (Å²) in [6.45, 7) is 4.85. The summed E-state index contributed by atoms with van der Waals surface area (Å²) in [5, 5.41) is 6.15. The van der Waals surface area contributed by atoms with Crippen LogP contribution < -0.4 is 10.6 Å². The largest absolute Gasteiger partial charge is 0.374 e. The van der Waals surface area contributed by atoms with Crippen molar-refractivity contribution in [3.63, 3.8) is 0 Å². The van der Waals surface area contributed by atoms with Crippen molar-refractivity contribution in [2.45, 2.75) is 13.0 Å². The second kappa shape index (κ2) is 6.31. The van der Waals surface area contributed by atoms with Gasteiger partial charge in [-0.3, -0.25) is 4.79 Å². The van der Waals surface area contributed by atoms with Gasteiger partial charge in [0.15, 0.2) is 0 Å². The lowest BCUT2D eigenvalue weighted by Crippen LogP contribution is -2.45. The monoisotopic (exact) mass is 312 g/mol. The van der Waals surface area contributed by atoms with E-state index in [0.717, 1.165) is 23.1 Å². The third-order valence-corrected chi connectivity index (χ3v) is 3.43. The van der Waals surface area contributed by atoms with Crippen LogP contribution in [0.1, 0.15) is 15.9 Å². The molecule has 1 aliphatic rings. The summed E-state index contributed by atoms with van der Waals surface area (Å²) in [5.74, 6) is -0.0528. The van der Waals surface area contributed by atoms with Crippen LogP contribution in [-0.2, 0) is 4.74 Å². The van der Waals surface area contributed by atoms with Gasteiger partial charge in [0.1, 0.15) is 0 Å². The predicted octanol–water partition coefficient (Wildman–Crippen LogP) is 1.48. The summed E-state index contributed by atoms with van der Waals surface area (Å²) < 4.78 is 6.44. The van der Waals surface area contributed by atoms with Crippen molar-refractivity contribution >= 4 is 21.8 Å². The predicted molar refractivity (Wildman–Crippen MR) is 73.8 cm³/mol. The fourth-order valence-corrected chi connectivity index (χ4v) is 2.25. The number of carbonyl (C=O) groups is 1. The molecule has 0 aromatic heterocycles. The van der Waals surface area contributed by atoms with E-state index in [-0.39, 0.29) is 12.0 Å². The summed E-state index contributed by atoms with van der Waals surface area (Å²) in [6.07, 6.45) is 0.0650. The second-order valence-corrected chi connectivity index (χ2v) is 5.28. The van der Waals surface area contributed by atoms with Crippen molar-refractivity contribution < 1.29 is 9.53 Å². The van der Waals surface area contributed by atoms with Gasteiger partial charge in [-0.2, -0.15) is 0 Å². The van der Waals surface area contributed by atoms with Crippen LogP contribution in [0.25, 0.3) is 0 Å². The highest BCUT2D eigenvalue weighted by Crippen LogP contribution is 2.15. The average Bonchev–Trinajstić information content (AvgIpc) is 2.40. The van der Waals surface area contributed by atoms with Crippen LogP contribution in [0.3, 0.4) is 0 Å². The summed E-state index contributed by atoms with van der Waals surface area (Å²) in [6, 6.07) is 5.70. The van der Waals surface area contributed by atoms with E-state index in [9.17, 15) is 4.79 Å². The van der Waals surface area contributed by atoms with Crippen LogP contribution in [0, 0.1) is 6.92 Å². The summed E-state index contributed by atoms with van der Waals surface area (Å²) >= 11 is 3.38. The number of hydrogen-bond acceptors (Lipinski definition) is 3. The molecule has 1 heterocycles. The van der Waals surface area contributed by atoms with Gasteiger partial charge >= 0.3 is 0 Å². The fraction of sp³-hybridized carbons (Fsp3) is 0.462. The quantitative estimate of drug-likeness (QED) is 0.889. The molecule has 1 amide bonds. The smallest absolute Gasteiger partial charge is 0.251 e. The molecule has 18 heavy (non-hydrogen) atoms. The van der Waals surface area contributed by atoms with Gasteiger partial charge in [-0.25, -0.2) is 0 Å². The topological polar surface area (TPSA) is 50.4 Å². The van der Waals surface area contributed by atoms with Gasteiger partial charge < -0.3 is 15.4 Å². The van der Waals surface area contributed by atoms with Gasteiger partial charge in [0.2, 0.25) is 0 Å². The molecule has 0 radical (unpaired) electrons. The SMILES string of the molecule is Cc1ccc(Br)cc1C(=O)NCC1CNCCO1. The molecular weight excluding hydrogens is 296 g/mol. The lowest BCUT2D eigenvalue weighted by Gasteiger charge is -2.23. The number of amides is 1. The number of nitrogens with one attached hydrogen (secondary N) is 2. The number of halogens is 1. The number of ether oxygens (including phenoxy) is 1. The molecule has 2 rings (SSSR count). The maximum absolute atomic E-state index is 12.1. The van der Waals surface area contributed by atoms with E-state index >= 15 is 0 Å². The van der Waals surface area contributed by atoms with Gasteiger partial charge in [0.25, 0.3) is 5.91 Å². The van der Waals surface area contributed by atoms with Crippen LogP contribution >= 0.6 is 15.9 Å². The van der Waals surface area contributed by atoms with Gasteiger partial charge in [-0.1, -0.05) is 22.0 Å². The zero-order valence-electron chi connectivity index (χ0n) is 10.3. The first-order valence-corrected chi connectivity index (χ1v) is 6.83. The summed E-state index contributed by atoms with van der Waals surface area (Å²) in [5.41, 5.74) is 1.67. The zero-order valence-corrected chi connectivity index (χ0v) is 11.9. The molecule has 0 spiro atoms. The Balaban J connectivity index is 1.92. The van der Waals surface area contributed by atoms with Crippen LogP contribution in [-0.4, -0.2) is 38.3 Å². The standard InChI is InChI=1S/C13H17BrN2O2/c1-9-2-3-10(14)6-12(9)13(17)16-8-11-7-15-4-5-18-11/h2-3,6,11,15H,4-5,7-8H2,1H3,(H,16,17). The van der Waals surface area contributed by atoms with E-state index in [0.29, 0.717) is 18.7 Å². The van der Waals surface area contributed by atoms with Crippen molar-refractivity contribution in [1.82, 2.24) is 10.6 Å². The lowest BCUT2D eigenvalue weighted by atomic mass is 10.1. The number of rotatable bonds is 3. The second-order valence-electron chi connectivity index (χ2n) is 4.37. The minimum atomic E-state index is -0.0528. The van der Waals surface area contributed by atoms with E-state index < -0.39 is 0 Å². The zero-order chi connectivity index (χ0) is 13.0. The van der Waals surface area contributed by atoms with Crippen molar-refractivity contribution in [1.29, 1.82) is 0 Å². The Kier molecular flexibility index (Phi) is 4.74. The molecule has 1 unspecified atom stereocenters. The maximum atomic E-state index is 12.1. The molecular formula is C13H17BrN2O2. The van der Waals surface area contributed by atoms with Gasteiger partial charge in [-0.15, -0.1) is 0 Å². The Morgan fingerprint density at radius 1 is 1.61 bits per heavy atom. The maximum Gasteiger partial charge on any atom is 0.251 e. The first-order chi connectivity index (χ1) is 8.66. The number of morpholine rings is 1. The average molecular weight is 313 g/mol. The molecule has 1 fully saturated rings. The molecule has 0 bridgehead atoms. The van der Waals surface area contributed by atoms with Crippen LogP contribution in [0.5, 0.6) is 0 Å². The van der Waals surface area contributed by atoms with E-state index in [1.165, 1.54) is 0 Å². The highest BCUT2D eigenvalue weighted by molar-refractivity contribution is 9.10. The molecule has 98 valence electrons.